The van der Waals surface area contributed by atoms with E-state index in [1.807, 2.05) is 31.0 Å². The summed E-state index contributed by atoms with van der Waals surface area (Å²) in [6.45, 7) is 10.0. The highest BCUT2D eigenvalue weighted by Gasteiger charge is 2.25. The number of para-hydroxylation sites is 1. The van der Waals surface area contributed by atoms with Gasteiger partial charge < -0.3 is 15.0 Å². The molecule has 1 aromatic heterocycles. The fourth-order valence-corrected chi connectivity index (χ4v) is 3.97. The first-order valence-corrected chi connectivity index (χ1v) is 10.5. The van der Waals surface area contributed by atoms with Crippen molar-refractivity contribution in [2.45, 2.75) is 39.0 Å². The molecule has 30 heavy (non-hydrogen) atoms. The highest BCUT2D eigenvalue weighted by molar-refractivity contribution is 14.0. The summed E-state index contributed by atoms with van der Waals surface area (Å²) in [6.07, 6.45) is 6.35. The number of aryl methyl sites for hydroxylation is 1. The average Bonchev–Trinajstić information content (AvgIpc) is 3.30. The number of guanidine groups is 1. The molecule has 0 spiro atoms. The van der Waals surface area contributed by atoms with Crippen LogP contribution < -0.4 is 10.1 Å². The molecule has 1 fully saturated rings. The van der Waals surface area contributed by atoms with E-state index in [-0.39, 0.29) is 29.4 Å². The number of nitrogens with zero attached hydrogens (tertiary/aromatic N) is 4. The molecule has 166 valence electrons. The first kappa shape index (κ1) is 24.5. The van der Waals surface area contributed by atoms with Crippen molar-refractivity contribution in [1.29, 1.82) is 0 Å². The van der Waals surface area contributed by atoms with E-state index < -0.39 is 0 Å². The second kappa shape index (κ2) is 11.0. The van der Waals surface area contributed by atoms with Crippen molar-refractivity contribution in [1.82, 2.24) is 20.0 Å². The van der Waals surface area contributed by atoms with Crippen molar-refractivity contribution < 1.29 is 4.74 Å². The molecule has 1 aromatic carbocycles. The lowest BCUT2D eigenvalue weighted by atomic mass is 9.86. The molecule has 1 atom stereocenters. The number of hydrogen-bond donors (Lipinski definition) is 1. The molecule has 6 nitrogen and oxygen atoms in total. The largest absolute Gasteiger partial charge is 0.491 e. The molecule has 3 rings (SSSR count). The first-order valence-electron chi connectivity index (χ1n) is 10.5. The zero-order valence-corrected chi connectivity index (χ0v) is 21.2. The molecule has 0 bridgehead atoms. The Morgan fingerprint density at radius 1 is 1.30 bits per heavy atom. The molecule has 1 N–H and O–H groups in total. The molecular formula is C23H36IN5O. The third-order valence-electron chi connectivity index (χ3n) is 5.42. The minimum absolute atomic E-state index is 0. The van der Waals surface area contributed by atoms with Crippen LogP contribution in [0.4, 0.5) is 0 Å². The van der Waals surface area contributed by atoms with Gasteiger partial charge in [0.1, 0.15) is 12.4 Å². The quantitative estimate of drug-likeness (QED) is 0.270. The highest BCUT2D eigenvalue weighted by atomic mass is 127. The van der Waals surface area contributed by atoms with Crippen LogP contribution in [0.15, 0.2) is 41.7 Å². The van der Waals surface area contributed by atoms with Gasteiger partial charge in [0.25, 0.3) is 0 Å². The van der Waals surface area contributed by atoms with Crippen molar-refractivity contribution in [3.63, 3.8) is 0 Å². The van der Waals surface area contributed by atoms with E-state index in [1.165, 1.54) is 17.5 Å². The molecule has 0 saturated carbocycles. The maximum absolute atomic E-state index is 6.08. The molecule has 1 aliphatic heterocycles. The number of ether oxygens (including phenoxy) is 1. The van der Waals surface area contributed by atoms with E-state index in [4.69, 9.17) is 4.74 Å². The summed E-state index contributed by atoms with van der Waals surface area (Å²) >= 11 is 0. The Labute approximate surface area is 198 Å². The second-order valence-corrected chi connectivity index (χ2v) is 8.90. The Morgan fingerprint density at radius 3 is 2.73 bits per heavy atom. The molecule has 2 aromatic rings. The van der Waals surface area contributed by atoms with Crippen LogP contribution >= 0.6 is 24.0 Å². The minimum atomic E-state index is 0. The molecule has 0 amide bonds. The number of benzene rings is 1. The van der Waals surface area contributed by atoms with Gasteiger partial charge in [0, 0.05) is 33.4 Å². The van der Waals surface area contributed by atoms with Crippen LogP contribution in [-0.2, 0) is 18.9 Å². The number of aromatic nitrogens is 2. The predicted molar refractivity (Wildman–Crippen MR) is 134 cm³/mol. The fraction of sp³-hybridized carbons (Fsp3) is 0.565. The van der Waals surface area contributed by atoms with Gasteiger partial charge in [-0.1, -0.05) is 39.0 Å². The molecular weight excluding hydrogens is 489 g/mol. The molecule has 1 aliphatic rings. The van der Waals surface area contributed by atoms with E-state index >= 15 is 0 Å². The lowest BCUT2D eigenvalue weighted by molar-refractivity contribution is 0.310. The van der Waals surface area contributed by atoms with Crippen molar-refractivity contribution in [2.75, 3.05) is 33.3 Å². The second-order valence-electron chi connectivity index (χ2n) is 8.90. The van der Waals surface area contributed by atoms with Crippen LogP contribution in [0.5, 0.6) is 5.75 Å². The van der Waals surface area contributed by atoms with Crippen LogP contribution in [0.2, 0.25) is 0 Å². The topological polar surface area (TPSA) is 54.7 Å². The fourth-order valence-electron chi connectivity index (χ4n) is 3.97. The Kier molecular flexibility index (Phi) is 9.00. The first-order chi connectivity index (χ1) is 13.9. The number of nitrogens with one attached hydrogen (secondary N) is 1. The van der Waals surface area contributed by atoms with Crippen molar-refractivity contribution in [2.24, 2.45) is 18.0 Å². The number of hydrogen-bond acceptors (Lipinski definition) is 3. The summed E-state index contributed by atoms with van der Waals surface area (Å²) in [5.74, 6) is 2.58. The minimum Gasteiger partial charge on any atom is -0.491 e. The van der Waals surface area contributed by atoms with Crippen molar-refractivity contribution in [3.8, 4) is 5.75 Å². The van der Waals surface area contributed by atoms with Crippen LogP contribution in [0.3, 0.4) is 0 Å². The average molecular weight is 525 g/mol. The predicted octanol–water partition coefficient (Wildman–Crippen LogP) is 3.85. The number of aliphatic imine (C=N–C) groups is 1. The SMILES string of the molecule is CN=C(NCCOc1ccccc1C(C)(C)C)N1CCC(Cc2cnn(C)c2)C1.I. The third-order valence-corrected chi connectivity index (χ3v) is 5.42. The van der Waals surface area contributed by atoms with Crippen LogP contribution in [0.25, 0.3) is 0 Å². The Bertz CT molecular complexity index is 827. The smallest absolute Gasteiger partial charge is 0.193 e. The van der Waals surface area contributed by atoms with Crippen molar-refractivity contribution >= 4 is 29.9 Å². The van der Waals surface area contributed by atoms with Gasteiger partial charge in [0.15, 0.2) is 5.96 Å². The van der Waals surface area contributed by atoms with Gasteiger partial charge in [-0.25, -0.2) is 0 Å². The molecule has 0 radical (unpaired) electrons. The highest BCUT2D eigenvalue weighted by Crippen LogP contribution is 2.30. The maximum atomic E-state index is 6.08. The number of rotatable bonds is 6. The van der Waals surface area contributed by atoms with E-state index in [2.05, 4.69) is 65.5 Å². The van der Waals surface area contributed by atoms with E-state index in [0.717, 1.165) is 37.8 Å². The summed E-state index contributed by atoms with van der Waals surface area (Å²) in [6, 6.07) is 8.31. The van der Waals surface area contributed by atoms with Gasteiger partial charge in [-0.2, -0.15) is 5.10 Å². The van der Waals surface area contributed by atoms with Gasteiger partial charge in [-0.15, -0.1) is 24.0 Å². The van der Waals surface area contributed by atoms with Crippen LogP contribution in [0.1, 0.15) is 38.3 Å². The summed E-state index contributed by atoms with van der Waals surface area (Å²) in [7, 11) is 3.82. The van der Waals surface area contributed by atoms with Crippen LogP contribution in [-0.4, -0.2) is 53.9 Å². The number of halogens is 1. The van der Waals surface area contributed by atoms with Crippen molar-refractivity contribution in [3.05, 3.63) is 47.8 Å². The van der Waals surface area contributed by atoms with Gasteiger partial charge in [0.2, 0.25) is 0 Å². The van der Waals surface area contributed by atoms with Gasteiger partial charge in [-0.05, 0) is 41.4 Å². The maximum Gasteiger partial charge on any atom is 0.193 e. The summed E-state index contributed by atoms with van der Waals surface area (Å²) in [5.41, 5.74) is 2.62. The van der Waals surface area contributed by atoms with E-state index in [9.17, 15) is 0 Å². The van der Waals surface area contributed by atoms with E-state index in [0.29, 0.717) is 12.5 Å². The molecule has 1 saturated heterocycles. The lowest BCUT2D eigenvalue weighted by Crippen LogP contribution is -2.41. The molecule has 2 heterocycles. The standard InChI is InChI=1S/C23H35N5O.HI/c1-23(2,3)20-8-6-7-9-21(20)29-13-11-25-22(24-4)28-12-10-18(17-28)14-19-15-26-27(5)16-19;/h6-9,15-16,18H,10-14,17H2,1-5H3,(H,24,25);1H. The summed E-state index contributed by atoms with van der Waals surface area (Å²) in [4.78, 5) is 6.83. The molecule has 1 unspecified atom stereocenters. The molecule has 7 heteroatoms. The van der Waals surface area contributed by atoms with Gasteiger partial charge in [-0.3, -0.25) is 9.67 Å². The number of likely N-dealkylation sites (tertiary alicyclic amines) is 1. The third kappa shape index (κ3) is 6.62. The Balaban J connectivity index is 0.00000320. The normalized spacial score (nSPS) is 17.0. The zero-order valence-electron chi connectivity index (χ0n) is 18.9. The van der Waals surface area contributed by atoms with Gasteiger partial charge >= 0.3 is 0 Å². The monoisotopic (exact) mass is 525 g/mol. The van der Waals surface area contributed by atoms with E-state index in [1.54, 1.807) is 0 Å². The van der Waals surface area contributed by atoms with Gasteiger partial charge in [0.05, 0.1) is 12.7 Å². The van der Waals surface area contributed by atoms with Crippen LogP contribution in [0, 0.1) is 5.92 Å². The lowest BCUT2D eigenvalue weighted by Gasteiger charge is -2.24. The Hall–Kier alpha value is -1.77. The molecule has 0 aliphatic carbocycles. The zero-order chi connectivity index (χ0) is 20.9. The summed E-state index contributed by atoms with van der Waals surface area (Å²) < 4.78 is 7.95. The summed E-state index contributed by atoms with van der Waals surface area (Å²) in [5, 5.41) is 7.74. The Morgan fingerprint density at radius 2 is 2.07 bits per heavy atom.